The molecule has 1 aromatic rings. The van der Waals surface area contributed by atoms with E-state index in [2.05, 4.69) is 24.0 Å². The molecule has 1 aliphatic rings. The third-order valence-corrected chi connectivity index (χ3v) is 4.06. The smallest absolute Gasteiger partial charge is 0.124 e. The molecular formula is C16H26N2O. The van der Waals surface area contributed by atoms with Gasteiger partial charge in [-0.1, -0.05) is 25.1 Å². The molecule has 0 spiro atoms. The largest absolute Gasteiger partial charge is 0.494 e. The summed E-state index contributed by atoms with van der Waals surface area (Å²) in [5, 5.41) is 0. The van der Waals surface area contributed by atoms with Crippen LogP contribution in [0.1, 0.15) is 38.3 Å². The van der Waals surface area contributed by atoms with Crippen LogP contribution in [0.4, 0.5) is 0 Å². The molecule has 0 radical (unpaired) electrons. The van der Waals surface area contributed by atoms with Gasteiger partial charge in [0.2, 0.25) is 0 Å². The van der Waals surface area contributed by atoms with Crippen LogP contribution < -0.4 is 10.5 Å². The Morgan fingerprint density at radius 1 is 1.32 bits per heavy atom. The number of rotatable bonds is 5. The van der Waals surface area contributed by atoms with Crippen molar-refractivity contribution in [3.05, 3.63) is 29.8 Å². The summed E-state index contributed by atoms with van der Waals surface area (Å²) in [7, 11) is 0. The second kappa shape index (κ2) is 6.92. The van der Waals surface area contributed by atoms with E-state index in [1.54, 1.807) is 0 Å². The van der Waals surface area contributed by atoms with Crippen LogP contribution in [0.5, 0.6) is 5.75 Å². The van der Waals surface area contributed by atoms with E-state index >= 15 is 0 Å². The van der Waals surface area contributed by atoms with Gasteiger partial charge in [-0.25, -0.2) is 0 Å². The minimum Gasteiger partial charge on any atom is -0.494 e. The third-order valence-electron chi connectivity index (χ3n) is 4.06. The fourth-order valence-corrected chi connectivity index (χ4v) is 2.86. The summed E-state index contributed by atoms with van der Waals surface area (Å²) in [4.78, 5) is 2.51. The first kappa shape index (κ1) is 14.4. The maximum Gasteiger partial charge on any atom is 0.124 e. The van der Waals surface area contributed by atoms with E-state index < -0.39 is 0 Å². The molecule has 1 fully saturated rings. The molecule has 3 heteroatoms. The second-order valence-electron chi connectivity index (χ2n) is 5.44. The van der Waals surface area contributed by atoms with Crippen LogP contribution in [-0.2, 0) is 0 Å². The standard InChI is InChI=1S/C16H26N2O/c1-3-19-16-7-5-4-6-14(16)15(12-17)18-10-8-13(2)9-11-18/h4-7,13,15H,3,8-12,17H2,1-2H3. The first-order valence-electron chi connectivity index (χ1n) is 7.42. The summed E-state index contributed by atoms with van der Waals surface area (Å²) in [6.45, 7) is 8.00. The molecular weight excluding hydrogens is 236 g/mol. The number of hydrogen-bond donors (Lipinski definition) is 1. The van der Waals surface area contributed by atoms with Gasteiger partial charge in [-0.15, -0.1) is 0 Å². The number of likely N-dealkylation sites (tertiary alicyclic amines) is 1. The van der Waals surface area contributed by atoms with E-state index in [1.807, 2.05) is 19.1 Å². The summed E-state index contributed by atoms with van der Waals surface area (Å²) in [6, 6.07) is 8.59. The summed E-state index contributed by atoms with van der Waals surface area (Å²) in [6.07, 6.45) is 2.54. The zero-order valence-corrected chi connectivity index (χ0v) is 12.1. The molecule has 1 atom stereocenters. The molecule has 0 saturated carbocycles. The molecule has 106 valence electrons. The SMILES string of the molecule is CCOc1ccccc1C(CN)N1CCC(C)CC1. The Morgan fingerprint density at radius 2 is 2.00 bits per heavy atom. The molecule has 0 aromatic heterocycles. The van der Waals surface area contributed by atoms with Crippen molar-refractivity contribution >= 4 is 0 Å². The van der Waals surface area contributed by atoms with Crippen LogP contribution in [0.15, 0.2) is 24.3 Å². The minimum atomic E-state index is 0.287. The maximum absolute atomic E-state index is 6.04. The van der Waals surface area contributed by atoms with Gasteiger partial charge in [0.05, 0.1) is 12.6 Å². The Kier molecular flexibility index (Phi) is 5.23. The highest BCUT2D eigenvalue weighted by atomic mass is 16.5. The van der Waals surface area contributed by atoms with E-state index in [4.69, 9.17) is 10.5 Å². The van der Waals surface area contributed by atoms with Crippen molar-refractivity contribution in [1.82, 2.24) is 4.90 Å². The Bertz CT molecular complexity index is 386. The average molecular weight is 262 g/mol. The van der Waals surface area contributed by atoms with Crippen LogP contribution >= 0.6 is 0 Å². The maximum atomic E-state index is 6.04. The highest BCUT2D eigenvalue weighted by molar-refractivity contribution is 5.36. The van der Waals surface area contributed by atoms with Crippen molar-refractivity contribution in [2.45, 2.75) is 32.7 Å². The molecule has 1 aromatic carbocycles. The average Bonchev–Trinajstić information content (AvgIpc) is 2.44. The molecule has 19 heavy (non-hydrogen) atoms. The van der Waals surface area contributed by atoms with Gasteiger partial charge in [-0.3, -0.25) is 4.90 Å². The van der Waals surface area contributed by atoms with Gasteiger partial charge in [0.1, 0.15) is 5.75 Å². The number of ether oxygens (including phenoxy) is 1. The van der Waals surface area contributed by atoms with Gasteiger partial charge in [-0.05, 0) is 44.8 Å². The van der Waals surface area contributed by atoms with E-state index in [1.165, 1.54) is 18.4 Å². The zero-order chi connectivity index (χ0) is 13.7. The quantitative estimate of drug-likeness (QED) is 0.887. The van der Waals surface area contributed by atoms with Crippen molar-refractivity contribution in [2.24, 2.45) is 11.7 Å². The summed E-state index contributed by atoms with van der Waals surface area (Å²) in [5.41, 5.74) is 7.28. The van der Waals surface area contributed by atoms with Gasteiger partial charge in [0, 0.05) is 12.1 Å². The second-order valence-corrected chi connectivity index (χ2v) is 5.44. The fraction of sp³-hybridized carbons (Fsp3) is 0.625. The molecule has 1 aliphatic heterocycles. The number of benzene rings is 1. The lowest BCUT2D eigenvalue weighted by molar-refractivity contribution is 0.138. The first-order valence-corrected chi connectivity index (χ1v) is 7.42. The lowest BCUT2D eigenvalue weighted by Crippen LogP contribution is -2.39. The molecule has 0 bridgehead atoms. The van der Waals surface area contributed by atoms with Crippen molar-refractivity contribution in [2.75, 3.05) is 26.2 Å². The number of para-hydroxylation sites is 1. The lowest BCUT2D eigenvalue weighted by Gasteiger charge is -2.36. The Balaban J connectivity index is 2.17. The predicted molar refractivity (Wildman–Crippen MR) is 79.4 cm³/mol. The molecule has 3 nitrogen and oxygen atoms in total. The van der Waals surface area contributed by atoms with E-state index in [0.29, 0.717) is 13.2 Å². The first-order chi connectivity index (χ1) is 9.26. The summed E-state index contributed by atoms with van der Waals surface area (Å²) < 4.78 is 5.75. The number of nitrogens with zero attached hydrogens (tertiary/aromatic N) is 1. The highest BCUT2D eigenvalue weighted by Gasteiger charge is 2.25. The molecule has 1 heterocycles. The summed E-state index contributed by atoms with van der Waals surface area (Å²) in [5.74, 6) is 1.83. The highest BCUT2D eigenvalue weighted by Crippen LogP contribution is 2.31. The Morgan fingerprint density at radius 3 is 2.63 bits per heavy atom. The topological polar surface area (TPSA) is 38.5 Å². The van der Waals surface area contributed by atoms with Crippen LogP contribution in [0.25, 0.3) is 0 Å². The van der Waals surface area contributed by atoms with Crippen LogP contribution in [0.2, 0.25) is 0 Å². The number of hydrogen-bond acceptors (Lipinski definition) is 3. The summed E-state index contributed by atoms with van der Waals surface area (Å²) >= 11 is 0. The van der Waals surface area contributed by atoms with Crippen molar-refractivity contribution in [3.63, 3.8) is 0 Å². The normalized spacial score (nSPS) is 19.3. The Hall–Kier alpha value is -1.06. The predicted octanol–water partition coefficient (Wildman–Crippen LogP) is 2.82. The van der Waals surface area contributed by atoms with Gasteiger partial charge < -0.3 is 10.5 Å². The minimum absolute atomic E-state index is 0.287. The van der Waals surface area contributed by atoms with E-state index in [9.17, 15) is 0 Å². The molecule has 2 N–H and O–H groups in total. The zero-order valence-electron chi connectivity index (χ0n) is 12.1. The van der Waals surface area contributed by atoms with Gasteiger partial charge in [0.15, 0.2) is 0 Å². The van der Waals surface area contributed by atoms with E-state index in [-0.39, 0.29) is 6.04 Å². The molecule has 0 aliphatic carbocycles. The third kappa shape index (κ3) is 3.48. The van der Waals surface area contributed by atoms with Crippen LogP contribution in [-0.4, -0.2) is 31.1 Å². The molecule has 2 rings (SSSR count). The van der Waals surface area contributed by atoms with Crippen LogP contribution in [0, 0.1) is 5.92 Å². The molecule has 0 amide bonds. The lowest BCUT2D eigenvalue weighted by atomic mass is 9.95. The monoisotopic (exact) mass is 262 g/mol. The van der Waals surface area contributed by atoms with Gasteiger partial charge >= 0.3 is 0 Å². The van der Waals surface area contributed by atoms with E-state index in [0.717, 1.165) is 24.8 Å². The van der Waals surface area contributed by atoms with Gasteiger partial charge in [0.25, 0.3) is 0 Å². The van der Waals surface area contributed by atoms with Gasteiger partial charge in [-0.2, -0.15) is 0 Å². The molecule has 1 unspecified atom stereocenters. The molecule has 1 saturated heterocycles. The van der Waals surface area contributed by atoms with Crippen molar-refractivity contribution in [3.8, 4) is 5.75 Å². The van der Waals surface area contributed by atoms with Crippen LogP contribution in [0.3, 0.4) is 0 Å². The Labute approximate surface area is 116 Å². The number of piperidine rings is 1. The van der Waals surface area contributed by atoms with Crippen molar-refractivity contribution in [1.29, 1.82) is 0 Å². The number of nitrogens with two attached hydrogens (primary N) is 1. The van der Waals surface area contributed by atoms with Crippen molar-refractivity contribution < 1.29 is 4.74 Å². The fourth-order valence-electron chi connectivity index (χ4n) is 2.86.